The Bertz CT molecular complexity index is 772. The zero-order chi connectivity index (χ0) is 20.0. The van der Waals surface area contributed by atoms with Gasteiger partial charge in [-0.25, -0.2) is 5.84 Å². The van der Waals surface area contributed by atoms with Gasteiger partial charge in [0.2, 0.25) is 0 Å². The molecule has 1 aromatic rings. The number of ether oxygens (including phenoxy) is 2. The van der Waals surface area contributed by atoms with E-state index < -0.39 is 10.5 Å². The van der Waals surface area contributed by atoms with Crippen LogP contribution in [0.3, 0.4) is 0 Å². The first-order valence-corrected chi connectivity index (χ1v) is 8.22. The van der Waals surface area contributed by atoms with Gasteiger partial charge in [-0.2, -0.15) is 0 Å². The third kappa shape index (κ3) is 5.35. The highest BCUT2D eigenvalue weighted by Gasteiger charge is 2.41. The Hall–Kier alpha value is -3.27. The first-order valence-electron chi connectivity index (χ1n) is 8.22. The van der Waals surface area contributed by atoms with E-state index in [0.717, 1.165) is 0 Å². The quantitative estimate of drug-likeness (QED) is 0.218. The summed E-state index contributed by atoms with van der Waals surface area (Å²) in [7, 11) is 0. The summed E-state index contributed by atoms with van der Waals surface area (Å²) < 4.78 is 12.9. The molecular formula is C17H24N6O4. The van der Waals surface area contributed by atoms with Gasteiger partial charge in [0.1, 0.15) is 24.2 Å². The van der Waals surface area contributed by atoms with Gasteiger partial charge in [-0.05, 0) is 30.9 Å². The minimum absolute atomic E-state index is 0.147. The molecule has 2 rings (SSSR count). The summed E-state index contributed by atoms with van der Waals surface area (Å²) in [6, 6.07) is 0.197. The van der Waals surface area contributed by atoms with Gasteiger partial charge in [-0.1, -0.05) is 18.7 Å². The average Bonchev–Trinajstić information content (AvgIpc) is 3.09. The number of rotatable bonds is 9. The van der Waals surface area contributed by atoms with Crippen molar-refractivity contribution in [3.63, 3.8) is 0 Å². The first-order chi connectivity index (χ1) is 12.8. The second-order valence-electron chi connectivity index (χ2n) is 6.28. The first kappa shape index (κ1) is 20.0. The molecule has 0 saturated carbocycles. The highest BCUT2D eigenvalue weighted by atomic mass is 16.6. The van der Waals surface area contributed by atoms with E-state index in [2.05, 4.69) is 11.6 Å². The molecule has 0 bridgehead atoms. The number of aromatic nitrogens is 2. The SMILES string of the molecule is C=C/C(=C\C=C/C)OC/C(N)=C/N(N)CC1(C)Cn2cc([N+](=O)[O-])nc2O1. The lowest BCUT2D eigenvalue weighted by atomic mass is 10.1. The van der Waals surface area contributed by atoms with Crippen molar-refractivity contribution >= 4 is 5.82 Å². The molecule has 1 aliphatic rings. The zero-order valence-electron chi connectivity index (χ0n) is 15.4. The van der Waals surface area contributed by atoms with E-state index in [1.807, 2.05) is 26.0 Å². The number of hydrogen-bond acceptors (Lipinski definition) is 8. The van der Waals surface area contributed by atoms with Gasteiger partial charge in [0.15, 0.2) is 0 Å². The van der Waals surface area contributed by atoms with E-state index in [1.54, 1.807) is 22.9 Å². The van der Waals surface area contributed by atoms with E-state index in [-0.39, 0.29) is 18.4 Å². The van der Waals surface area contributed by atoms with Crippen LogP contribution in [0.1, 0.15) is 13.8 Å². The molecule has 0 aliphatic carbocycles. The lowest BCUT2D eigenvalue weighted by molar-refractivity contribution is -0.389. The van der Waals surface area contributed by atoms with Crippen molar-refractivity contribution in [1.29, 1.82) is 0 Å². The topological polar surface area (TPSA) is 135 Å². The summed E-state index contributed by atoms with van der Waals surface area (Å²) in [6.45, 7) is 8.24. The van der Waals surface area contributed by atoms with Crippen LogP contribution in [0.2, 0.25) is 0 Å². The average molecular weight is 376 g/mol. The molecule has 0 aromatic carbocycles. The molecule has 1 aromatic heterocycles. The summed E-state index contributed by atoms with van der Waals surface area (Å²) in [5, 5.41) is 12.1. The van der Waals surface area contributed by atoms with Crippen LogP contribution in [0.5, 0.6) is 6.01 Å². The van der Waals surface area contributed by atoms with Crippen LogP contribution in [0.25, 0.3) is 0 Å². The molecular weight excluding hydrogens is 352 g/mol. The normalized spacial score (nSPS) is 19.7. The van der Waals surface area contributed by atoms with Crippen LogP contribution in [-0.4, -0.2) is 38.2 Å². The number of imidazole rings is 1. The predicted molar refractivity (Wildman–Crippen MR) is 100 cm³/mol. The molecule has 1 aliphatic heterocycles. The maximum absolute atomic E-state index is 10.8. The number of nitro groups is 1. The summed E-state index contributed by atoms with van der Waals surface area (Å²) in [6.07, 6.45) is 9.95. The van der Waals surface area contributed by atoms with Crippen LogP contribution in [0.15, 0.2) is 54.7 Å². The van der Waals surface area contributed by atoms with Crippen molar-refractivity contribution in [3.05, 3.63) is 64.9 Å². The summed E-state index contributed by atoms with van der Waals surface area (Å²) >= 11 is 0. The van der Waals surface area contributed by atoms with Crippen molar-refractivity contribution in [2.45, 2.75) is 26.0 Å². The maximum Gasteiger partial charge on any atom is 0.415 e. The molecule has 2 heterocycles. The molecule has 1 unspecified atom stereocenters. The van der Waals surface area contributed by atoms with Crippen molar-refractivity contribution < 1.29 is 14.4 Å². The van der Waals surface area contributed by atoms with Crippen molar-refractivity contribution in [2.24, 2.45) is 11.6 Å². The Morgan fingerprint density at radius 3 is 3.00 bits per heavy atom. The van der Waals surface area contributed by atoms with Gasteiger partial charge in [0, 0.05) is 11.2 Å². The number of nitrogens with zero attached hydrogens (tertiary/aromatic N) is 4. The largest absolute Gasteiger partial charge is 0.487 e. The molecule has 27 heavy (non-hydrogen) atoms. The van der Waals surface area contributed by atoms with Crippen LogP contribution < -0.4 is 16.3 Å². The van der Waals surface area contributed by atoms with Crippen molar-refractivity contribution in [1.82, 2.24) is 14.6 Å². The molecule has 10 nitrogen and oxygen atoms in total. The molecule has 10 heteroatoms. The summed E-state index contributed by atoms with van der Waals surface area (Å²) in [5.41, 5.74) is 5.67. The Balaban J connectivity index is 1.91. The van der Waals surface area contributed by atoms with Crippen LogP contribution in [-0.2, 0) is 11.3 Å². The fourth-order valence-corrected chi connectivity index (χ4v) is 2.58. The van der Waals surface area contributed by atoms with Crippen molar-refractivity contribution in [2.75, 3.05) is 13.2 Å². The Labute approximate surface area is 157 Å². The Morgan fingerprint density at radius 1 is 1.67 bits per heavy atom. The molecule has 0 fully saturated rings. The Kier molecular flexibility index (Phi) is 6.24. The summed E-state index contributed by atoms with van der Waals surface area (Å²) in [4.78, 5) is 14.0. The maximum atomic E-state index is 10.8. The number of nitrogens with two attached hydrogens (primary N) is 2. The van der Waals surface area contributed by atoms with Gasteiger partial charge in [0.05, 0.1) is 18.8 Å². The fraction of sp³-hybridized carbons (Fsp3) is 0.353. The number of hydrazine groups is 1. The smallest absolute Gasteiger partial charge is 0.415 e. The van der Waals surface area contributed by atoms with Crippen molar-refractivity contribution in [3.8, 4) is 6.01 Å². The lowest BCUT2D eigenvalue weighted by Gasteiger charge is -2.27. The van der Waals surface area contributed by atoms with E-state index in [0.29, 0.717) is 24.5 Å². The van der Waals surface area contributed by atoms with Gasteiger partial charge >= 0.3 is 11.8 Å². The van der Waals surface area contributed by atoms with Crippen LogP contribution >= 0.6 is 0 Å². The standard InChI is InChI=1S/C17H24N6O4/c1-4-6-7-14(5-2)26-10-13(18)8-22(19)12-17(3)11-21-9-15(23(24)25)20-16(21)27-17/h4-9H,2,10-12,18-19H2,1,3H3/b6-4-,13-8-,14-7+. The molecule has 0 radical (unpaired) electrons. The summed E-state index contributed by atoms with van der Waals surface area (Å²) in [5.74, 6) is 6.34. The highest BCUT2D eigenvalue weighted by molar-refractivity contribution is 5.24. The molecule has 0 spiro atoms. The minimum Gasteiger partial charge on any atom is -0.487 e. The van der Waals surface area contributed by atoms with Gasteiger partial charge in [-0.15, -0.1) is 0 Å². The highest BCUT2D eigenvalue weighted by Crippen LogP contribution is 2.31. The van der Waals surface area contributed by atoms with E-state index in [1.165, 1.54) is 11.2 Å². The molecule has 0 saturated heterocycles. The Morgan fingerprint density at radius 2 is 2.41 bits per heavy atom. The van der Waals surface area contributed by atoms with Gasteiger partial charge < -0.3 is 30.3 Å². The predicted octanol–water partition coefficient (Wildman–Crippen LogP) is 1.58. The second kappa shape index (κ2) is 8.41. The number of hydrogen-bond donors (Lipinski definition) is 2. The van der Waals surface area contributed by atoms with Gasteiger partial charge in [-0.3, -0.25) is 4.57 Å². The zero-order valence-corrected chi connectivity index (χ0v) is 15.4. The molecule has 0 amide bonds. The van der Waals surface area contributed by atoms with E-state index >= 15 is 0 Å². The third-order valence-electron chi connectivity index (χ3n) is 3.67. The van der Waals surface area contributed by atoms with Crippen LogP contribution in [0.4, 0.5) is 5.82 Å². The van der Waals surface area contributed by atoms with Gasteiger partial charge in [0.25, 0.3) is 0 Å². The third-order valence-corrected chi connectivity index (χ3v) is 3.67. The van der Waals surface area contributed by atoms with E-state index in [9.17, 15) is 10.1 Å². The minimum atomic E-state index is -0.693. The second-order valence-corrected chi connectivity index (χ2v) is 6.28. The monoisotopic (exact) mass is 376 g/mol. The lowest BCUT2D eigenvalue weighted by Crippen LogP contribution is -2.46. The van der Waals surface area contributed by atoms with E-state index in [4.69, 9.17) is 21.1 Å². The molecule has 1 atom stereocenters. The number of allylic oxidation sites excluding steroid dienone is 4. The molecule has 146 valence electrons. The number of fused-ring (bicyclic) bond motifs is 1. The van der Waals surface area contributed by atoms with Crippen LogP contribution in [0, 0.1) is 10.1 Å². The molecule has 4 N–H and O–H groups in total. The fourth-order valence-electron chi connectivity index (χ4n) is 2.58.